The van der Waals surface area contributed by atoms with Crippen molar-refractivity contribution >= 4 is 9.84 Å². The first-order chi connectivity index (χ1) is 10.0. The minimum absolute atomic E-state index is 0.0338. The van der Waals surface area contributed by atoms with Gasteiger partial charge in [-0.05, 0) is 37.5 Å². The van der Waals surface area contributed by atoms with Crippen LogP contribution in [-0.4, -0.2) is 43.6 Å². The molecule has 1 saturated heterocycles. The molecule has 0 radical (unpaired) electrons. The fourth-order valence-electron chi connectivity index (χ4n) is 2.75. The Balaban J connectivity index is 2.02. The number of aromatic nitrogens is 1. The largest absolute Gasteiger partial charge is 0.372 e. The van der Waals surface area contributed by atoms with Gasteiger partial charge in [0, 0.05) is 36.8 Å². The third kappa shape index (κ3) is 4.76. The minimum atomic E-state index is -2.96. The molecule has 0 amide bonds. The summed E-state index contributed by atoms with van der Waals surface area (Å²) >= 11 is 0. The van der Waals surface area contributed by atoms with Crippen molar-refractivity contribution < 1.29 is 13.2 Å². The van der Waals surface area contributed by atoms with Crippen LogP contribution in [0.25, 0.3) is 0 Å². The molecule has 3 atom stereocenters. The first kappa shape index (κ1) is 16.4. The molecule has 0 spiro atoms. The van der Waals surface area contributed by atoms with Gasteiger partial charge in [0.2, 0.25) is 0 Å². The van der Waals surface area contributed by atoms with Crippen molar-refractivity contribution in [1.29, 1.82) is 0 Å². The molecule has 1 aliphatic rings. The number of ether oxygens (including phenoxy) is 1. The first-order valence-corrected chi connectivity index (χ1v) is 9.32. The lowest BCUT2D eigenvalue weighted by molar-refractivity contribution is -0.0127. The molecule has 118 valence electrons. The highest BCUT2D eigenvalue weighted by molar-refractivity contribution is 7.91. The van der Waals surface area contributed by atoms with E-state index >= 15 is 0 Å². The summed E-state index contributed by atoms with van der Waals surface area (Å²) in [6.45, 7) is 4.35. The van der Waals surface area contributed by atoms with Gasteiger partial charge in [-0.1, -0.05) is 6.92 Å². The van der Waals surface area contributed by atoms with Gasteiger partial charge in [0.1, 0.15) is 0 Å². The van der Waals surface area contributed by atoms with Crippen LogP contribution in [0, 0.1) is 0 Å². The van der Waals surface area contributed by atoms with E-state index in [2.05, 4.69) is 10.3 Å². The van der Waals surface area contributed by atoms with Gasteiger partial charge in [-0.15, -0.1) is 0 Å². The van der Waals surface area contributed by atoms with Gasteiger partial charge in [-0.25, -0.2) is 8.42 Å². The van der Waals surface area contributed by atoms with E-state index in [1.807, 2.05) is 19.1 Å². The smallest absolute Gasteiger partial charge is 0.151 e. The SMILES string of the molecule is CCS(=O)(=O)CC(C)N[C@H]1CCCO[C@@H]1c1ccncc1. The average Bonchev–Trinajstić information content (AvgIpc) is 2.48. The van der Waals surface area contributed by atoms with E-state index in [-0.39, 0.29) is 29.7 Å². The standard InChI is InChI=1S/C15H24N2O3S/c1-3-21(18,19)11-12(2)17-14-5-4-10-20-15(14)13-6-8-16-9-7-13/h6-9,12,14-15,17H,3-5,10-11H2,1-2H3/t12?,14-,15+/m0/s1. The summed E-state index contributed by atoms with van der Waals surface area (Å²) in [6, 6.07) is 3.98. The third-order valence-electron chi connectivity index (χ3n) is 3.80. The topological polar surface area (TPSA) is 68.3 Å². The molecule has 0 aromatic carbocycles. The lowest BCUT2D eigenvalue weighted by atomic mass is 9.96. The van der Waals surface area contributed by atoms with Crippen LogP contribution < -0.4 is 5.32 Å². The maximum Gasteiger partial charge on any atom is 0.151 e. The van der Waals surface area contributed by atoms with Crippen LogP contribution in [0.4, 0.5) is 0 Å². The van der Waals surface area contributed by atoms with Gasteiger partial charge in [-0.2, -0.15) is 0 Å². The normalized spacial score (nSPS) is 24.7. The molecule has 5 nitrogen and oxygen atoms in total. The van der Waals surface area contributed by atoms with Crippen molar-refractivity contribution in [2.75, 3.05) is 18.1 Å². The summed E-state index contributed by atoms with van der Waals surface area (Å²) in [4.78, 5) is 4.03. The van der Waals surface area contributed by atoms with Crippen LogP contribution in [0.1, 0.15) is 38.4 Å². The fourth-order valence-corrected chi connectivity index (χ4v) is 3.84. The van der Waals surface area contributed by atoms with Gasteiger partial charge in [0.25, 0.3) is 0 Å². The van der Waals surface area contributed by atoms with Crippen molar-refractivity contribution in [1.82, 2.24) is 10.3 Å². The number of sulfone groups is 1. The predicted molar refractivity (Wildman–Crippen MR) is 82.9 cm³/mol. The molecule has 21 heavy (non-hydrogen) atoms. The van der Waals surface area contributed by atoms with E-state index in [9.17, 15) is 8.42 Å². The molecule has 0 aliphatic carbocycles. The zero-order chi connectivity index (χ0) is 15.3. The van der Waals surface area contributed by atoms with Crippen LogP contribution >= 0.6 is 0 Å². The van der Waals surface area contributed by atoms with Crippen LogP contribution in [0.2, 0.25) is 0 Å². The van der Waals surface area contributed by atoms with E-state index in [0.717, 1.165) is 25.0 Å². The third-order valence-corrected chi connectivity index (χ3v) is 5.69. The Bertz CT molecular complexity index is 533. The van der Waals surface area contributed by atoms with E-state index in [4.69, 9.17) is 4.74 Å². The monoisotopic (exact) mass is 312 g/mol. The van der Waals surface area contributed by atoms with Crippen molar-refractivity contribution in [3.8, 4) is 0 Å². The molecule has 2 rings (SSSR count). The maximum atomic E-state index is 11.7. The summed E-state index contributed by atoms with van der Waals surface area (Å²) < 4.78 is 29.3. The van der Waals surface area contributed by atoms with Crippen LogP contribution in [-0.2, 0) is 14.6 Å². The average molecular weight is 312 g/mol. The fraction of sp³-hybridized carbons (Fsp3) is 0.667. The van der Waals surface area contributed by atoms with Crippen LogP contribution in [0.3, 0.4) is 0 Å². The molecular formula is C15H24N2O3S. The highest BCUT2D eigenvalue weighted by atomic mass is 32.2. The molecule has 0 bridgehead atoms. The number of nitrogens with zero attached hydrogens (tertiary/aromatic N) is 1. The Hall–Kier alpha value is -0.980. The second kappa shape index (κ2) is 7.33. The number of hydrogen-bond donors (Lipinski definition) is 1. The molecule has 2 heterocycles. The van der Waals surface area contributed by atoms with E-state index < -0.39 is 9.84 Å². The zero-order valence-electron chi connectivity index (χ0n) is 12.7. The Morgan fingerprint density at radius 2 is 2.14 bits per heavy atom. The number of pyridine rings is 1. The Morgan fingerprint density at radius 3 is 2.81 bits per heavy atom. The van der Waals surface area contributed by atoms with Gasteiger partial charge in [-0.3, -0.25) is 4.98 Å². The number of nitrogens with one attached hydrogen (secondary N) is 1. The lowest BCUT2D eigenvalue weighted by Crippen LogP contribution is -2.46. The maximum absolute atomic E-state index is 11.7. The minimum Gasteiger partial charge on any atom is -0.372 e. The summed E-state index contributed by atoms with van der Waals surface area (Å²) in [7, 11) is -2.96. The second-order valence-corrected chi connectivity index (χ2v) is 7.99. The summed E-state index contributed by atoms with van der Waals surface area (Å²) in [6.07, 6.45) is 5.47. The molecule has 0 saturated carbocycles. The molecule has 1 aromatic heterocycles. The number of rotatable bonds is 6. The quantitative estimate of drug-likeness (QED) is 0.866. The molecular weight excluding hydrogens is 288 g/mol. The Kier molecular flexibility index (Phi) is 5.72. The summed E-state index contributed by atoms with van der Waals surface area (Å²) in [5.41, 5.74) is 1.09. The molecule has 1 unspecified atom stereocenters. The Labute approximate surface area is 127 Å². The highest BCUT2D eigenvalue weighted by Gasteiger charge is 2.29. The van der Waals surface area contributed by atoms with Crippen molar-refractivity contribution in [3.63, 3.8) is 0 Å². The molecule has 1 N–H and O–H groups in total. The van der Waals surface area contributed by atoms with Gasteiger partial charge >= 0.3 is 0 Å². The zero-order valence-corrected chi connectivity index (χ0v) is 13.5. The van der Waals surface area contributed by atoms with Gasteiger partial charge in [0.15, 0.2) is 9.84 Å². The second-order valence-electron chi connectivity index (χ2n) is 5.59. The van der Waals surface area contributed by atoms with E-state index in [1.54, 1.807) is 19.3 Å². The molecule has 1 aromatic rings. The molecule has 6 heteroatoms. The highest BCUT2D eigenvalue weighted by Crippen LogP contribution is 2.28. The lowest BCUT2D eigenvalue weighted by Gasteiger charge is -2.34. The van der Waals surface area contributed by atoms with Gasteiger partial charge in [0.05, 0.1) is 11.9 Å². The first-order valence-electron chi connectivity index (χ1n) is 7.50. The predicted octanol–water partition coefficient (Wildman–Crippen LogP) is 1.71. The van der Waals surface area contributed by atoms with Crippen LogP contribution in [0.15, 0.2) is 24.5 Å². The van der Waals surface area contributed by atoms with Crippen molar-refractivity contribution in [2.24, 2.45) is 0 Å². The van der Waals surface area contributed by atoms with Gasteiger partial charge < -0.3 is 10.1 Å². The van der Waals surface area contributed by atoms with Crippen molar-refractivity contribution in [3.05, 3.63) is 30.1 Å². The van der Waals surface area contributed by atoms with E-state index in [1.165, 1.54) is 0 Å². The molecule has 1 fully saturated rings. The van der Waals surface area contributed by atoms with Crippen LogP contribution in [0.5, 0.6) is 0 Å². The van der Waals surface area contributed by atoms with Crippen molar-refractivity contribution in [2.45, 2.75) is 44.9 Å². The summed E-state index contributed by atoms with van der Waals surface area (Å²) in [5.74, 6) is 0.358. The Morgan fingerprint density at radius 1 is 1.43 bits per heavy atom. The number of hydrogen-bond acceptors (Lipinski definition) is 5. The van der Waals surface area contributed by atoms with E-state index in [0.29, 0.717) is 0 Å². The summed E-state index contributed by atoms with van der Waals surface area (Å²) in [5, 5.41) is 3.43. The molecule has 1 aliphatic heterocycles.